The van der Waals surface area contributed by atoms with Gasteiger partial charge in [0.1, 0.15) is 0 Å². The van der Waals surface area contributed by atoms with Crippen molar-refractivity contribution in [3.8, 4) is 0 Å². The number of fused-ring (bicyclic) bond motifs is 1. The molecule has 1 saturated heterocycles. The summed E-state index contributed by atoms with van der Waals surface area (Å²) in [5.41, 5.74) is 0.658. The second kappa shape index (κ2) is 1.73. The molecule has 1 saturated carbocycles. The van der Waals surface area contributed by atoms with Crippen LogP contribution in [-0.4, -0.2) is 17.9 Å². The van der Waals surface area contributed by atoms with Crippen LogP contribution in [0.5, 0.6) is 0 Å². The highest BCUT2D eigenvalue weighted by Gasteiger charge is 2.60. The monoisotopic (exact) mass is 189 g/mol. The average molecular weight is 190 g/mol. The van der Waals surface area contributed by atoms with Gasteiger partial charge in [-0.1, -0.05) is 22.9 Å². The highest BCUT2D eigenvalue weighted by Crippen LogP contribution is 2.60. The van der Waals surface area contributed by atoms with Crippen molar-refractivity contribution in [2.75, 3.05) is 13.1 Å². The lowest BCUT2D eigenvalue weighted by molar-refractivity contribution is 0.383. The van der Waals surface area contributed by atoms with Gasteiger partial charge in [-0.15, -0.1) is 0 Å². The Bertz CT molecular complexity index is 137. The Kier molecular flexibility index (Phi) is 1.18. The van der Waals surface area contributed by atoms with Crippen LogP contribution in [-0.2, 0) is 0 Å². The fourth-order valence-corrected chi connectivity index (χ4v) is 3.08. The van der Waals surface area contributed by atoms with Crippen molar-refractivity contribution in [3.05, 3.63) is 0 Å². The van der Waals surface area contributed by atoms with E-state index in [0.29, 0.717) is 5.41 Å². The first-order valence-electron chi connectivity index (χ1n) is 3.60. The van der Waals surface area contributed by atoms with E-state index in [-0.39, 0.29) is 0 Å². The molecule has 9 heavy (non-hydrogen) atoms. The van der Waals surface area contributed by atoms with Gasteiger partial charge in [0.25, 0.3) is 0 Å². The Labute approximate surface area is 64.3 Å². The molecule has 0 amide bonds. The molecule has 2 fully saturated rings. The minimum absolute atomic E-state index is 0.658. The highest BCUT2D eigenvalue weighted by atomic mass is 79.9. The minimum Gasteiger partial charge on any atom is -0.316 e. The number of halogens is 1. The number of hydrogen-bond acceptors (Lipinski definition) is 1. The summed E-state index contributed by atoms with van der Waals surface area (Å²) < 4.78 is 0. The molecule has 3 atom stereocenters. The van der Waals surface area contributed by atoms with Gasteiger partial charge in [0, 0.05) is 4.83 Å². The maximum Gasteiger partial charge on any atom is 0.0249 e. The normalized spacial score (nSPS) is 56.7. The summed E-state index contributed by atoms with van der Waals surface area (Å²) in [5.74, 6) is 0.922. The van der Waals surface area contributed by atoms with Gasteiger partial charge in [0.2, 0.25) is 0 Å². The van der Waals surface area contributed by atoms with Gasteiger partial charge in [0.05, 0.1) is 0 Å². The molecule has 0 aromatic carbocycles. The molecule has 1 aliphatic carbocycles. The fraction of sp³-hybridized carbons (Fsp3) is 1.00. The van der Waals surface area contributed by atoms with Crippen molar-refractivity contribution in [1.82, 2.24) is 5.32 Å². The highest BCUT2D eigenvalue weighted by molar-refractivity contribution is 9.09. The molecule has 0 unspecified atom stereocenters. The predicted molar refractivity (Wildman–Crippen MR) is 41.8 cm³/mol. The number of rotatable bonds is 0. The maximum atomic E-state index is 3.69. The van der Waals surface area contributed by atoms with Gasteiger partial charge >= 0.3 is 0 Å². The van der Waals surface area contributed by atoms with E-state index in [1.54, 1.807) is 0 Å². The van der Waals surface area contributed by atoms with E-state index >= 15 is 0 Å². The van der Waals surface area contributed by atoms with Gasteiger partial charge in [0.15, 0.2) is 0 Å². The lowest BCUT2D eigenvalue weighted by Crippen LogP contribution is -2.27. The third-order valence-corrected chi connectivity index (χ3v) is 4.61. The molecule has 0 bridgehead atoms. The number of nitrogens with one attached hydrogen (secondary N) is 1. The van der Waals surface area contributed by atoms with E-state index in [1.807, 2.05) is 0 Å². The van der Waals surface area contributed by atoms with Crippen molar-refractivity contribution in [1.29, 1.82) is 0 Å². The van der Waals surface area contributed by atoms with Crippen LogP contribution in [0, 0.1) is 11.3 Å². The van der Waals surface area contributed by atoms with Crippen LogP contribution >= 0.6 is 15.9 Å². The second-order valence-corrected chi connectivity index (χ2v) is 4.45. The molecule has 0 radical (unpaired) electrons. The number of alkyl halides is 1. The van der Waals surface area contributed by atoms with Crippen LogP contribution in [0.4, 0.5) is 0 Å². The summed E-state index contributed by atoms with van der Waals surface area (Å²) in [6.07, 6.45) is 1.35. The second-order valence-electron chi connectivity index (χ2n) is 3.47. The van der Waals surface area contributed by atoms with Gasteiger partial charge in [-0.2, -0.15) is 0 Å². The Morgan fingerprint density at radius 2 is 2.44 bits per heavy atom. The Morgan fingerprint density at radius 3 is 2.89 bits per heavy atom. The first-order chi connectivity index (χ1) is 4.25. The van der Waals surface area contributed by atoms with E-state index in [9.17, 15) is 0 Å². The average Bonchev–Trinajstić information content (AvgIpc) is 2.38. The summed E-state index contributed by atoms with van der Waals surface area (Å²) in [5, 5.41) is 3.40. The quantitative estimate of drug-likeness (QED) is 0.569. The summed E-state index contributed by atoms with van der Waals surface area (Å²) in [7, 11) is 0. The summed E-state index contributed by atoms with van der Waals surface area (Å²) >= 11 is 3.69. The lowest BCUT2D eigenvalue weighted by atomic mass is 9.99. The zero-order chi connectivity index (χ0) is 6.48. The largest absolute Gasteiger partial charge is 0.316 e. The molecule has 0 aromatic heterocycles. The molecule has 0 spiro atoms. The van der Waals surface area contributed by atoms with Crippen molar-refractivity contribution >= 4 is 15.9 Å². The first kappa shape index (κ1) is 6.17. The van der Waals surface area contributed by atoms with E-state index in [2.05, 4.69) is 28.2 Å². The molecule has 1 nitrogen and oxygen atoms in total. The standard InChI is InChI=1S/C7H12BrN/c1-7-2-3-9-4-5(7)6(7)8/h5-6,9H,2-4H2,1H3/t5-,6+,7-/m0/s1. The van der Waals surface area contributed by atoms with Crippen LogP contribution in [0.1, 0.15) is 13.3 Å². The first-order valence-corrected chi connectivity index (χ1v) is 4.51. The molecule has 52 valence electrons. The zero-order valence-electron chi connectivity index (χ0n) is 5.65. The van der Waals surface area contributed by atoms with Crippen molar-refractivity contribution in [3.63, 3.8) is 0 Å². The molecule has 2 heteroatoms. The Hall–Kier alpha value is 0.440. The van der Waals surface area contributed by atoms with Crippen LogP contribution in [0.2, 0.25) is 0 Å². The van der Waals surface area contributed by atoms with Crippen molar-refractivity contribution in [2.45, 2.75) is 18.2 Å². The third kappa shape index (κ3) is 0.695. The molecule has 0 aromatic rings. The molecular formula is C7H12BrN. The van der Waals surface area contributed by atoms with E-state index in [0.717, 1.165) is 10.7 Å². The van der Waals surface area contributed by atoms with Gasteiger partial charge < -0.3 is 5.32 Å². The molecule has 1 N–H and O–H groups in total. The van der Waals surface area contributed by atoms with Gasteiger partial charge in [-0.05, 0) is 30.8 Å². The van der Waals surface area contributed by atoms with Crippen LogP contribution in [0.25, 0.3) is 0 Å². The maximum absolute atomic E-state index is 3.69. The van der Waals surface area contributed by atoms with Crippen LogP contribution in [0.15, 0.2) is 0 Å². The minimum atomic E-state index is 0.658. The fourth-order valence-electron chi connectivity index (χ4n) is 1.88. The zero-order valence-corrected chi connectivity index (χ0v) is 7.24. The van der Waals surface area contributed by atoms with Crippen LogP contribution in [0.3, 0.4) is 0 Å². The van der Waals surface area contributed by atoms with E-state index in [4.69, 9.17) is 0 Å². The van der Waals surface area contributed by atoms with Crippen molar-refractivity contribution < 1.29 is 0 Å². The lowest BCUT2D eigenvalue weighted by Gasteiger charge is -2.16. The predicted octanol–water partition coefficient (Wildman–Crippen LogP) is 1.38. The summed E-state index contributed by atoms with van der Waals surface area (Å²) in [4.78, 5) is 0.806. The Morgan fingerprint density at radius 1 is 1.67 bits per heavy atom. The SMILES string of the molecule is C[C@]12CCNC[C@H]1[C@H]2Br. The van der Waals surface area contributed by atoms with E-state index < -0.39 is 0 Å². The molecular weight excluding hydrogens is 178 g/mol. The Balaban J connectivity index is 2.10. The topological polar surface area (TPSA) is 12.0 Å². The molecule has 1 aliphatic heterocycles. The smallest absolute Gasteiger partial charge is 0.0249 e. The third-order valence-electron chi connectivity index (χ3n) is 2.93. The molecule has 2 rings (SSSR count). The number of piperidine rings is 1. The molecule has 1 heterocycles. The van der Waals surface area contributed by atoms with Gasteiger partial charge in [-0.3, -0.25) is 0 Å². The van der Waals surface area contributed by atoms with Crippen molar-refractivity contribution in [2.24, 2.45) is 11.3 Å². The summed E-state index contributed by atoms with van der Waals surface area (Å²) in [6.45, 7) is 4.83. The van der Waals surface area contributed by atoms with Crippen LogP contribution < -0.4 is 5.32 Å². The number of hydrogen-bond donors (Lipinski definition) is 1. The van der Waals surface area contributed by atoms with Gasteiger partial charge in [-0.25, -0.2) is 0 Å². The van der Waals surface area contributed by atoms with E-state index in [1.165, 1.54) is 19.5 Å². The summed E-state index contributed by atoms with van der Waals surface area (Å²) in [6, 6.07) is 0. The molecule has 2 aliphatic rings.